The van der Waals surface area contributed by atoms with E-state index in [1.807, 2.05) is 10.8 Å². The summed E-state index contributed by atoms with van der Waals surface area (Å²) in [7, 11) is 1.61. The number of methoxy groups -OCH3 is 1. The summed E-state index contributed by atoms with van der Waals surface area (Å²) in [5.74, 6) is 0.678. The molecule has 3 nitrogen and oxygen atoms in total. The molecule has 1 aromatic rings. The Morgan fingerprint density at radius 1 is 1.78 bits per heavy atom. The predicted molar refractivity (Wildman–Crippen MR) is 34.5 cm³/mol. The van der Waals surface area contributed by atoms with Gasteiger partial charge in [0.15, 0.2) is 0 Å². The van der Waals surface area contributed by atoms with Gasteiger partial charge in [0, 0.05) is 6.54 Å². The molecule has 0 N–H and O–H groups in total. The van der Waals surface area contributed by atoms with Gasteiger partial charge in [-0.3, -0.25) is 0 Å². The number of imidazole rings is 1. The summed E-state index contributed by atoms with van der Waals surface area (Å²) in [5.41, 5.74) is 0. The molecule has 0 aliphatic rings. The highest BCUT2D eigenvalue weighted by Gasteiger charge is 1.92. The van der Waals surface area contributed by atoms with Gasteiger partial charge in [-0.1, -0.05) is 0 Å². The summed E-state index contributed by atoms with van der Waals surface area (Å²) >= 11 is 0. The molecular formula is C6H10N2O. The second kappa shape index (κ2) is 2.53. The molecule has 0 radical (unpaired) electrons. The fraction of sp³-hybridized carbons (Fsp3) is 0.500. The highest BCUT2D eigenvalue weighted by molar-refractivity contribution is 5.02. The summed E-state index contributed by atoms with van der Waals surface area (Å²) in [4.78, 5) is 3.95. The minimum Gasteiger partial charge on any atom is -0.480 e. The van der Waals surface area contributed by atoms with Crippen LogP contribution in [0.15, 0.2) is 12.5 Å². The summed E-state index contributed by atoms with van der Waals surface area (Å²) < 4.78 is 6.82. The average molecular weight is 126 g/mol. The van der Waals surface area contributed by atoms with Gasteiger partial charge in [0.05, 0.1) is 19.6 Å². The number of rotatable bonds is 2. The van der Waals surface area contributed by atoms with E-state index in [0.717, 1.165) is 6.54 Å². The van der Waals surface area contributed by atoms with Gasteiger partial charge < -0.3 is 9.30 Å². The molecule has 3 heteroatoms. The van der Waals surface area contributed by atoms with Crippen LogP contribution in [0.1, 0.15) is 6.92 Å². The summed E-state index contributed by atoms with van der Waals surface area (Å²) in [6.45, 7) is 3.00. The second-order valence-corrected chi connectivity index (χ2v) is 1.75. The SMILES string of the molecule is CCn1cnc(OC)c1. The normalized spacial score (nSPS) is 9.56. The molecule has 1 heterocycles. The quantitative estimate of drug-likeness (QED) is 0.589. The maximum Gasteiger partial charge on any atom is 0.231 e. The van der Waals surface area contributed by atoms with Crippen LogP contribution >= 0.6 is 0 Å². The minimum absolute atomic E-state index is 0.678. The van der Waals surface area contributed by atoms with Gasteiger partial charge in [-0.2, -0.15) is 0 Å². The molecule has 0 amide bonds. The zero-order chi connectivity index (χ0) is 6.69. The third-order valence-electron chi connectivity index (χ3n) is 1.18. The van der Waals surface area contributed by atoms with Crippen molar-refractivity contribution in [3.8, 4) is 5.88 Å². The molecule has 0 aromatic carbocycles. The zero-order valence-corrected chi connectivity index (χ0v) is 5.66. The molecule has 1 rings (SSSR count). The first-order valence-corrected chi connectivity index (χ1v) is 2.92. The monoisotopic (exact) mass is 126 g/mol. The van der Waals surface area contributed by atoms with Crippen LogP contribution in [0.2, 0.25) is 0 Å². The molecule has 0 aliphatic carbocycles. The van der Waals surface area contributed by atoms with Gasteiger partial charge in [0.1, 0.15) is 0 Å². The third-order valence-corrected chi connectivity index (χ3v) is 1.18. The van der Waals surface area contributed by atoms with E-state index >= 15 is 0 Å². The first-order chi connectivity index (χ1) is 4.36. The van der Waals surface area contributed by atoms with Gasteiger partial charge in [-0.05, 0) is 6.92 Å². The number of aromatic nitrogens is 2. The fourth-order valence-corrected chi connectivity index (χ4v) is 0.618. The van der Waals surface area contributed by atoms with Gasteiger partial charge >= 0.3 is 0 Å². The van der Waals surface area contributed by atoms with Crippen molar-refractivity contribution in [1.29, 1.82) is 0 Å². The van der Waals surface area contributed by atoms with Crippen LogP contribution < -0.4 is 4.74 Å². The van der Waals surface area contributed by atoms with E-state index in [2.05, 4.69) is 11.9 Å². The summed E-state index contributed by atoms with van der Waals surface area (Å²) in [5, 5.41) is 0. The topological polar surface area (TPSA) is 27.1 Å². The number of aryl methyl sites for hydroxylation is 1. The Hall–Kier alpha value is -0.990. The molecule has 0 fully saturated rings. The Kier molecular flexibility index (Phi) is 1.72. The van der Waals surface area contributed by atoms with Crippen molar-refractivity contribution in [3.05, 3.63) is 12.5 Å². The Bertz CT molecular complexity index is 164. The molecule has 0 aliphatic heterocycles. The molecule has 0 bridgehead atoms. The maximum absolute atomic E-state index is 4.86. The lowest BCUT2D eigenvalue weighted by atomic mass is 10.7. The molecule has 0 atom stereocenters. The van der Waals surface area contributed by atoms with Gasteiger partial charge in [0.2, 0.25) is 5.88 Å². The Labute approximate surface area is 54.3 Å². The van der Waals surface area contributed by atoms with Crippen LogP contribution in [-0.2, 0) is 6.54 Å². The van der Waals surface area contributed by atoms with E-state index in [-0.39, 0.29) is 0 Å². The van der Waals surface area contributed by atoms with Gasteiger partial charge in [-0.25, -0.2) is 4.98 Å². The van der Waals surface area contributed by atoms with Crippen LogP contribution in [0.4, 0.5) is 0 Å². The average Bonchev–Trinajstić information content (AvgIpc) is 2.34. The first kappa shape index (κ1) is 6.13. The van der Waals surface area contributed by atoms with Crippen molar-refractivity contribution >= 4 is 0 Å². The van der Waals surface area contributed by atoms with Crippen molar-refractivity contribution in [2.45, 2.75) is 13.5 Å². The molecule has 9 heavy (non-hydrogen) atoms. The maximum atomic E-state index is 4.86. The first-order valence-electron chi connectivity index (χ1n) is 2.92. The molecule has 0 spiro atoms. The summed E-state index contributed by atoms with van der Waals surface area (Å²) in [6, 6.07) is 0. The van der Waals surface area contributed by atoms with Crippen molar-refractivity contribution < 1.29 is 4.74 Å². The Balaban J connectivity index is 2.74. The molecule has 1 aromatic heterocycles. The number of hydrogen-bond donors (Lipinski definition) is 0. The van der Waals surface area contributed by atoms with Crippen molar-refractivity contribution in [3.63, 3.8) is 0 Å². The molecular weight excluding hydrogens is 116 g/mol. The second-order valence-electron chi connectivity index (χ2n) is 1.75. The van der Waals surface area contributed by atoms with E-state index in [9.17, 15) is 0 Å². The lowest BCUT2D eigenvalue weighted by Crippen LogP contribution is -1.86. The van der Waals surface area contributed by atoms with Crippen LogP contribution in [-0.4, -0.2) is 16.7 Å². The number of nitrogens with zero attached hydrogens (tertiary/aromatic N) is 2. The van der Waals surface area contributed by atoms with Gasteiger partial charge in [-0.15, -0.1) is 0 Å². The van der Waals surface area contributed by atoms with E-state index < -0.39 is 0 Å². The summed E-state index contributed by atoms with van der Waals surface area (Å²) in [6.07, 6.45) is 3.61. The standard InChI is InChI=1S/C6H10N2O/c1-3-8-4-6(9-2)7-5-8/h4-5H,3H2,1-2H3. The van der Waals surface area contributed by atoms with E-state index in [1.54, 1.807) is 13.4 Å². The fourth-order valence-electron chi connectivity index (χ4n) is 0.618. The number of hydrogen-bond acceptors (Lipinski definition) is 2. The lowest BCUT2D eigenvalue weighted by molar-refractivity contribution is 0.399. The van der Waals surface area contributed by atoms with Crippen molar-refractivity contribution in [1.82, 2.24) is 9.55 Å². The van der Waals surface area contributed by atoms with Crippen molar-refractivity contribution in [2.75, 3.05) is 7.11 Å². The third kappa shape index (κ3) is 1.22. The van der Waals surface area contributed by atoms with Crippen LogP contribution in [0.5, 0.6) is 5.88 Å². The van der Waals surface area contributed by atoms with Crippen LogP contribution in [0, 0.1) is 0 Å². The predicted octanol–water partition coefficient (Wildman–Crippen LogP) is 0.912. The largest absolute Gasteiger partial charge is 0.480 e. The van der Waals surface area contributed by atoms with E-state index in [4.69, 9.17) is 4.74 Å². The zero-order valence-electron chi connectivity index (χ0n) is 5.66. The highest BCUT2D eigenvalue weighted by Crippen LogP contribution is 2.02. The molecule has 50 valence electrons. The highest BCUT2D eigenvalue weighted by atomic mass is 16.5. The van der Waals surface area contributed by atoms with Crippen molar-refractivity contribution in [2.24, 2.45) is 0 Å². The van der Waals surface area contributed by atoms with Gasteiger partial charge in [0.25, 0.3) is 0 Å². The Morgan fingerprint density at radius 2 is 2.56 bits per heavy atom. The van der Waals surface area contributed by atoms with Crippen LogP contribution in [0.25, 0.3) is 0 Å². The smallest absolute Gasteiger partial charge is 0.231 e. The number of ether oxygens (including phenoxy) is 1. The molecule has 0 saturated heterocycles. The van der Waals surface area contributed by atoms with Crippen LogP contribution in [0.3, 0.4) is 0 Å². The van der Waals surface area contributed by atoms with E-state index in [0.29, 0.717) is 5.88 Å². The molecule has 0 saturated carbocycles. The molecule has 0 unspecified atom stereocenters. The lowest BCUT2D eigenvalue weighted by Gasteiger charge is -1.90. The Morgan fingerprint density at radius 3 is 2.89 bits per heavy atom. The van der Waals surface area contributed by atoms with E-state index in [1.165, 1.54) is 0 Å². The minimum atomic E-state index is 0.678.